The molecule has 2 aromatic rings. The predicted octanol–water partition coefficient (Wildman–Crippen LogP) is 3.04. The summed E-state index contributed by atoms with van der Waals surface area (Å²) in [4.78, 5) is 31.5. The Balaban J connectivity index is 2.37. The lowest BCUT2D eigenvalue weighted by Gasteiger charge is -2.07. The summed E-state index contributed by atoms with van der Waals surface area (Å²) in [7, 11) is 0. The molecule has 0 spiro atoms. The first-order chi connectivity index (χ1) is 11.8. The van der Waals surface area contributed by atoms with E-state index in [1.165, 1.54) is 13.0 Å². The Morgan fingerprint density at radius 1 is 1.08 bits per heavy atom. The van der Waals surface area contributed by atoms with Crippen LogP contribution in [0.4, 0.5) is 17.1 Å². The molecule has 0 fully saturated rings. The van der Waals surface area contributed by atoms with E-state index in [4.69, 9.17) is 0 Å². The van der Waals surface area contributed by atoms with E-state index >= 15 is 0 Å². The van der Waals surface area contributed by atoms with Crippen LogP contribution in [-0.2, 0) is 0 Å². The number of carboxylic acids is 1. The number of carboxylic acid groups (broad SMARTS) is 1. The van der Waals surface area contributed by atoms with Crippen molar-refractivity contribution >= 4 is 28.7 Å². The van der Waals surface area contributed by atoms with Gasteiger partial charge in [0.2, 0.25) is 0 Å². The molecule has 0 saturated carbocycles. The van der Waals surface area contributed by atoms with Crippen molar-refractivity contribution in [2.75, 3.05) is 5.43 Å². The minimum atomic E-state index is -1.13. The van der Waals surface area contributed by atoms with Gasteiger partial charge in [0.25, 0.3) is 5.69 Å². The van der Waals surface area contributed by atoms with Crippen LogP contribution in [0.5, 0.6) is 0 Å². The van der Waals surface area contributed by atoms with Crippen LogP contribution in [0.2, 0.25) is 0 Å². The SMILES string of the molecule is C/C(=N/Nc1ccc([N+](=O)[O-])cc1[N+](=O)[O-])c1ccccc1C(=O)O. The zero-order chi connectivity index (χ0) is 18.6. The fourth-order valence-corrected chi connectivity index (χ4v) is 2.07. The number of hydrazone groups is 1. The second-order valence-corrected chi connectivity index (χ2v) is 4.88. The summed E-state index contributed by atoms with van der Waals surface area (Å²) in [6.45, 7) is 1.53. The second-order valence-electron chi connectivity index (χ2n) is 4.88. The highest BCUT2D eigenvalue weighted by molar-refractivity contribution is 6.07. The number of rotatable bonds is 6. The number of nitrogens with one attached hydrogen (secondary N) is 1. The first-order valence-corrected chi connectivity index (χ1v) is 6.87. The summed E-state index contributed by atoms with van der Waals surface area (Å²) in [5.74, 6) is -1.13. The first kappa shape index (κ1) is 17.5. The lowest BCUT2D eigenvalue weighted by Crippen LogP contribution is -2.08. The van der Waals surface area contributed by atoms with E-state index in [2.05, 4.69) is 10.5 Å². The summed E-state index contributed by atoms with van der Waals surface area (Å²) in [5.41, 5.74) is 2.12. The van der Waals surface area contributed by atoms with Crippen LogP contribution in [0.1, 0.15) is 22.8 Å². The van der Waals surface area contributed by atoms with Crippen LogP contribution >= 0.6 is 0 Å². The molecule has 0 radical (unpaired) electrons. The van der Waals surface area contributed by atoms with Gasteiger partial charge in [-0.25, -0.2) is 4.79 Å². The monoisotopic (exact) mass is 344 g/mol. The number of non-ortho nitro benzene ring substituents is 1. The van der Waals surface area contributed by atoms with Gasteiger partial charge >= 0.3 is 11.7 Å². The Bertz CT molecular complexity index is 893. The lowest BCUT2D eigenvalue weighted by atomic mass is 10.0. The van der Waals surface area contributed by atoms with Gasteiger partial charge in [0, 0.05) is 11.6 Å². The van der Waals surface area contributed by atoms with Gasteiger partial charge in [-0.05, 0) is 19.1 Å². The maximum atomic E-state index is 11.2. The Hall–Kier alpha value is -3.82. The molecule has 0 aliphatic carbocycles. The number of benzene rings is 2. The molecule has 2 N–H and O–H groups in total. The van der Waals surface area contributed by atoms with Crippen molar-refractivity contribution in [1.29, 1.82) is 0 Å². The van der Waals surface area contributed by atoms with Crippen molar-refractivity contribution < 1.29 is 19.7 Å². The molecule has 0 amide bonds. The predicted molar refractivity (Wildman–Crippen MR) is 89.0 cm³/mol. The summed E-state index contributed by atoms with van der Waals surface area (Å²) in [5, 5.41) is 34.9. The van der Waals surface area contributed by atoms with E-state index in [9.17, 15) is 30.1 Å². The molecular formula is C15H12N4O6. The van der Waals surface area contributed by atoms with Crippen molar-refractivity contribution in [3.05, 3.63) is 73.8 Å². The van der Waals surface area contributed by atoms with E-state index in [0.717, 1.165) is 18.2 Å². The highest BCUT2D eigenvalue weighted by Gasteiger charge is 2.19. The Morgan fingerprint density at radius 3 is 2.28 bits per heavy atom. The van der Waals surface area contributed by atoms with Crippen molar-refractivity contribution in [3.63, 3.8) is 0 Å². The third kappa shape index (κ3) is 3.93. The Kier molecular flexibility index (Phi) is 5.03. The molecule has 0 aliphatic rings. The molecule has 0 atom stereocenters. The van der Waals surface area contributed by atoms with E-state index in [0.29, 0.717) is 5.56 Å². The maximum absolute atomic E-state index is 11.2. The number of hydrogen-bond acceptors (Lipinski definition) is 7. The minimum Gasteiger partial charge on any atom is -0.478 e. The van der Waals surface area contributed by atoms with Gasteiger partial charge in [-0.3, -0.25) is 25.7 Å². The van der Waals surface area contributed by atoms with Crippen LogP contribution in [0.15, 0.2) is 47.6 Å². The summed E-state index contributed by atoms with van der Waals surface area (Å²) < 4.78 is 0. The zero-order valence-corrected chi connectivity index (χ0v) is 12.9. The number of carbonyl (C=O) groups is 1. The summed E-state index contributed by atoms with van der Waals surface area (Å²) in [6, 6.07) is 9.24. The maximum Gasteiger partial charge on any atom is 0.336 e. The molecule has 0 unspecified atom stereocenters. The van der Waals surface area contributed by atoms with Crippen molar-refractivity contribution in [1.82, 2.24) is 0 Å². The van der Waals surface area contributed by atoms with Crippen molar-refractivity contribution in [2.24, 2.45) is 5.10 Å². The van der Waals surface area contributed by atoms with E-state index in [1.54, 1.807) is 18.2 Å². The number of anilines is 1. The van der Waals surface area contributed by atoms with Gasteiger partial charge in [-0.15, -0.1) is 0 Å². The van der Waals surface area contributed by atoms with E-state index < -0.39 is 27.2 Å². The number of nitro groups is 2. The molecule has 0 bridgehead atoms. The van der Waals surface area contributed by atoms with Crippen LogP contribution in [0, 0.1) is 20.2 Å². The highest BCUT2D eigenvalue weighted by atomic mass is 16.6. The van der Waals surface area contributed by atoms with E-state index in [-0.39, 0.29) is 17.0 Å². The van der Waals surface area contributed by atoms with E-state index in [1.807, 2.05) is 0 Å². The fraction of sp³-hybridized carbons (Fsp3) is 0.0667. The van der Waals surface area contributed by atoms with Gasteiger partial charge in [-0.2, -0.15) is 5.10 Å². The number of hydrogen-bond donors (Lipinski definition) is 2. The topological polar surface area (TPSA) is 148 Å². The molecule has 10 nitrogen and oxygen atoms in total. The molecule has 128 valence electrons. The second kappa shape index (κ2) is 7.17. The third-order valence-electron chi connectivity index (χ3n) is 3.28. The smallest absolute Gasteiger partial charge is 0.336 e. The van der Waals surface area contributed by atoms with Gasteiger partial charge in [0.15, 0.2) is 0 Å². The van der Waals surface area contributed by atoms with Crippen molar-refractivity contribution in [2.45, 2.75) is 6.92 Å². The lowest BCUT2D eigenvalue weighted by molar-refractivity contribution is -0.393. The van der Waals surface area contributed by atoms with Gasteiger partial charge in [-0.1, -0.05) is 18.2 Å². The summed E-state index contributed by atoms with van der Waals surface area (Å²) >= 11 is 0. The van der Waals surface area contributed by atoms with Gasteiger partial charge in [0.1, 0.15) is 5.69 Å². The Morgan fingerprint density at radius 2 is 1.72 bits per heavy atom. The van der Waals surface area contributed by atoms with Gasteiger partial charge < -0.3 is 5.11 Å². The fourth-order valence-electron chi connectivity index (χ4n) is 2.07. The number of nitro benzene ring substituents is 2. The molecule has 10 heteroatoms. The number of aromatic carboxylic acids is 1. The Labute approximate surface area is 140 Å². The quantitative estimate of drug-likeness (QED) is 0.464. The van der Waals surface area contributed by atoms with Crippen LogP contribution in [-0.4, -0.2) is 26.6 Å². The first-order valence-electron chi connectivity index (χ1n) is 6.87. The largest absolute Gasteiger partial charge is 0.478 e. The van der Waals surface area contributed by atoms with Crippen LogP contribution < -0.4 is 5.43 Å². The average Bonchev–Trinajstić information content (AvgIpc) is 2.59. The summed E-state index contributed by atoms with van der Waals surface area (Å²) in [6.07, 6.45) is 0. The van der Waals surface area contributed by atoms with Crippen LogP contribution in [0.25, 0.3) is 0 Å². The molecule has 0 aliphatic heterocycles. The van der Waals surface area contributed by atoms with Crippen LogP contribution in [0.3, 0.4) is 0 Å². The normalized spacial score (nSPS) is 11.0. The number of nitrogens with zero attached hydrogens (tertiary/aromatic N) is 3. The molecular weight excluding hydrogens is 332 g/mol. The molecule has 0 heterocycles. The molecule has 25 heavy (non-hydrogen) atoms. The standard InChI is InChI=1S/C15H12N4O6/c1-9(11-4-2-3-5-12(11)15(20)21)16-17-13-7-6-10(18(22)23)8-14(13)19(24)25/h2-8,17H,1H3,(H,20,21)/b16-9-. The average molecular weight is 344 g/mol. The minimum absolute atomic E-state index is 0.0312. The highest BCUT2D eigenvalue weighted by Crippen LogP contribution is 2.29. The molecule has 2 aromatic carbocycles. The molecule has 0 saturated heterocycles. The molecule has 0 aromatic heterocycles. The molecule has 2 rings (SSSR count). The zero-order valence-electron chi connectivity index (χ0n) is 12.9. The van der Waals surface area contributed by atoms with Crippen molar-refractivity contribution in [3.8, 4) is 0 Å². The van der Waals surface area contributed by atoms with Gasteiger partial charge in [0.05, 0.1) is 27.2 Å². The third-order valence-corrected chi connectivity index (χ3v) is 3.28.